The van der Waals surface area contributed by atoms with Crippen molar-refractivity contribution in [2.75, 3.05) is 13.1 Å². The van der Waals surface area contributed by atoms with Gasteiger partial charge >= 0.3 is 6.09 Å². The third-order valence-electron chi connectivity index (χ3n) is 2.28. The Kier molecular flexibility index (Phi) is 2.34. The van der Waals surface area contributed by atoms with E-state index in [1.807, 2.05) is 13.8 Å². The quantitative estimate of drug-likeness (QED) is 0.534. The van der Waals surface area contributed by atoms with Crippen LogP contribution in [-0.2, 0) is 0 Å². The maximum Gasteiger partial charge on any atom is 0.407 e. The molecule has 4 heteroatoms. The lowest BCUT2D eigenvalue weighted by molar-refractivity contribution is 0.103. The highest BCUT2D eigenvalue weighted by Crippen LogP contribution is 2.07. The zero-order chi connectivity index (χ0) is 8.43. The number of carboxylic acid groups (broad SMARTS) is 1. The first kappa shape index (κ1) is 8.33. The van der Waals surface area contributed by atoms with Gasteiger partial charge in [-0.25, -0.2) is 4.79 Å². The molecule has 0 aromatic rings. The molecule has 0 unspecified atom stereocenters. The van der Waals surface area contributed by atoms with Crippen molar-refractivity contribution < 1.29 is 9.90 Å². The minimum Gasteiger partial charge on any atom is -0.465 e. The molecule has 2 N–H and O–H groups in total. The third-order valence-corrected chi connectivity index (χ3v) is 2.28. The van der Waals surface area contributed by atoms with E-state index in [0.717, 1.165) is 6.54 Å². The van der Waals surface area contributed by atoms with E-state index in [1.165, 1.54) is 4.90 Å². The van der Waals surface area contributed by atoms with E-state index in [2.05, 4.69) is 5.32 Å². The number of nitrogens with zero attached hydrogens (tertiary/aromatic N) is 1. The van der Waals surface area contributed by atoms with Crippen LogP contribution in [0.5, 0.6) is 0 Å². The van der Waals surface area contributed by atoms with Gasteiger partial charge in [0, 0.05) is 25.2 Å². The normalized spacial score (nSPS) is 32.0. The topological polar surface area (TPSA) is 52.6 Å². The highest BCUT2D eigenvalue weighted by atomic mass is 16.4. The van der Waals surface area contributed by atoms with Crippen LogP contribution in [0.2, 0.25) is 0 Å². The molecule has 2 atom stereocenters. The molecule has 0 spiro atoms. The Morgan fingerprint density at radius 3 is 2.73 bits per heavy atom. The lowest BCUT2D eigenvalue weighted by Gasteiger charge is -2.36. The molecule has 1 heterocycles. The SMILES string of the molecule is C[C@H]1NCCN(C(=O)O)[C@H]1C. The molecule has 1 aliphatic heterocycles. The minimum atomic E-state index is -0.814. The van der Waals surface area contributed by atoms with E-state index in [1.54, 1.807) is 0 Å². The van der Waals surface area contributed by atoms with Crippen molar-refractivity contribution >= 4 is 6.09 Å². The van der Waals surface area contributed by atoms with Crippen molar-refractivity contribution in [3.05, 3.63) is 0 Å². The molecule has 1 saturated heterocycles. The summed E-state index contributed by atoms with van der Waals surface area (Å²) in [5, 5.41) is 11.9. The molecule has 64 valence electrons. The fourth-order valence-corrected chi connectivity index (χ4v) is 1.33. The highest BCUT2D eigenvalue weighted by molar-refractivity contribution is 5.65. The van der Waals surface area contributed by atoms with E-state index in [0.29, 0.717) is 6.54 Å². The van der Waals surface area contributed by atoms with E-state index < -0.39 is 6.09 Å². The van der Waals surface area contributed by atoms with E-state index in [9.17, 15) is 4.79 Å². The molecule has 0 saturated carbocycles. The predicted molar refractivity (Wildman–Crippen MR) is 41.7 cm³/mol. The molecular weight excluding hydrogens is 144 g/mol. The Balaban J connectivity index is 2.58. The van der Waals surface area contributed by atoms with Gasteiger partial charge in [-0.05, 0) is 13.8 Å². The number of piperazine rings is 1. The van der Waals surface area contributed by atoms with Gasteiger partial charge < -0.3 is 15.3 Å². The molecule has 0 aromatic heterocycles. The molecule has 0 bridgehead atoms. The minimum absolute atomic E-state index is 0.0845. The Morgan fingerprint density at radius 2 is 2.27 bits per heavy atom. The molecule has 0 aliphatic carbocycles. The van der Waals surface area contributed by atoms with Gasteiger partial charge in [0.25, 0.3) is 0 Å². The second kappa shape index (κ2) is 3.09. The second-order valence-electron chi connectivity index (χ2n) is 2.96. The number of amides is 1. The monoisotopic (exact) mass is 158 g/mol. The Morgan fingerprint density at radius 1 is 1.64 bits per heavy atom. The van der Waals surface area contributed by atoms with Crippen LogP contribution in [-0.4, -0.2) is 41.3 Å². The van der Waals surface area contributed by atoms with Crippen LogP contribution in [0.15, 0.2) is 0 Å². The maximum absolute atomic E-state index is 10.6. The lowest BCUT2D eigenvalue weighted by atomic mass is 10.1. The summed E-state index contributed by atoms with van der Waals surface area (Å²) in [4.78, 5) is 12.1. The zero-order valence-corrected chi connectivity index (χ0v) is 6.87. The summed E-state index contributed by atoms with van der Waals surface area (Å²) in [6, 6.07) is 0.348. The molecule has 11 heavy (non-hydrogen) atoms. The Hall–Kier alpha value is -0.770. The number of hydrogen-bond donors (Lipinski definition) is 2. The van der Waals surface area contributed by atoms with Gasteiger partial charge in [-0.2, -0.15) is 0 Å². The molecule has 0 radical (unpaired) electrons. The summed E-state index contributed by atoms with van der Waals surface area (Å²) < 4.78 is 0. The summed E-state index contributed by atoms with van der Waals surface area (Å²) in [5.41, 5.74) is 0. The average molecular weight is 158 g/mol. The van der Waals surface area contributed by atoms with Crippen molar-refractivity contribution in [2.45, 2.75) is 25.9 Å². The average Bonchev–Trinajstić information content (AvgIpc) is 1.94. The smallest absolute Gasteiger partial charge is 0.407 e. The number of hydrogen-bond acceptors (Lipinski definition) is 2. The predicted octanol–water partition coefficient (Wildman–Crippen LogP) is 0.347. The second-order valence-corrected chi connectivity index (χ2v) is 2.96. The third kappa shape index (κ3) is 1.63. The fourth-order valence-electron chi connectivity index (χ4n) is 1.33. The van der Waals surface area contributed by atoms with Gasteiger partial charge in [-0.1, -0.05) is 0 Å². The van der Waals surface area contributed by atoms with Crippen LogP contribution < -0.4 is 5.32 Å². The highest BCUT2D eigenvalue weighted by Gasteiger charge is 2.27. The van der Waals surface area contributed by atoms with Crippen molar-refractivity contribution in [1.29, 1.82) is 0 Å². The van der Waals surface area contributed by atoms with E-state index >= 15 is 0 Å². The molecule has 4 nitrogen and oxygen atoms in total. The molecular formula is C7H14N2O2. The molecule has 1 fully saturated rings. The van der Waals surface area contributed by atoms with Gasteiger partial charge in [0.15, 0.2) is 0 Å². The number of rotatable bonds is 0. The summed E-state index contributed by atoms with van der Waals surface area (Å²) in [6.07, 6.45) is -0.814. The molecule has 1 rings (SSSR count). The maximum atomic E-state index is 10.6. The van der Waals surface area contributed by atoms with E-state index in [-0.39, 0.29) is 12.1 Å². The summed E-state index contributed by atoms with van der Waals surface area (Å²) in [6.45, 7) is 5.28. The molecule has 0 aromatic carbocycles. The first-order valence-corrected chi connectivity index (χ1v) is 3.86. The van der Waals surface area contributed by atoms with Gasteiger partial charge in [0.05, 0.1) is 0 Å². The Bertz CT molecular complexity index is 161. The first-order chi connectivity index (χ1) is 5.13. The van der Waals surface area contributed by atoms with Gasteiger partial charge in [0.2, 0.25) is 0 Å². The van der Waals surface area contributed by atoms with Crippen LogP contribution >= 0.6 is 0 Å². The molecule has 1 aliphatic rings. The van der Waals surface area contributed by atoms with Crippen LogP contribution in [0.1, 0.15) is 13.8 Å². The summed E-state index contributed by atoms with van der Waals surface area (Å²) in [5.74, 6) is 0. The van der Waals surface area contributed by atoms with Crippen molar-refractivity contribution in [3.8, 4) is 0 Å². The largest absolute Gasteiger partial charge is 0.465 e. The summed E-state index contributed by atoms with van der Waals surface area (Å²) >= 11 is 0. The van der Waals surface area contributed by atoms with Crippen LogP contribution in [0.3, 0.4) is 0 Å². The fraction of sp³-hybridized carbons (Fsp3) is 0.857. The van der Waals surface area contributed by atoms with Gasteiger partial charge in [0.1, 0.15) is 0 Å². The lowest BCUT2D eigenvalue weighted by Crippen LogP contribution is -2.56. The van der Waals surface area contributed by atoms with Crippen LogP contribution in [0, 0.1) is 0 Å². The number of nitrogens with one attached hydrogen (secondary N) is 1. The van der Waals surface area contributed by atoms with Crippen molar-refractivity contribution in [3.63, 3.8) is 0 Å². The summed E-state index contributed by atoms with van der Waals surface area (Å²) in [7, 11) is 0. The van der Waals surface area contributed by atoms with E-state index in [4.69, 9.17) is 5.11 Å². The zero-order valence-electron chi connectivity index (χ0n) is 6.87. The van der Waals surface area contributed by atoms with Crippen LogP contribution in [0.4, 0.5) is 4.79 Å². The first-order valence-electron chi connectivity index (χ1n) is 3.86. The van der Waals surface area contributed by atoms with Crippen molar-refractivity contribution in [1.82, 2.24) is 10.2 Å². The van der Waals surface area contributed by atoms with Gasteiger partial charge in [-0.3, -0.25) is 0 Å². The van der Waals surface area contributed by atoms with Crippen molar-refractivity contribution in [2.24, 2.45) is 0 Å². The standard InChI is InChI=1S/C7H14N2O2/c1-5-6(2)9(7(10)11)4-3-8-5/h5-6,8H,3-4H2,1-2H3,(H,10,11)/t5-,6+/m1/s1. The number of carbonyl (C=O) groups is 1. The molecule has 1 amide bonds. The van der Waals surface area contributed by atoms with Gasteiger partial charge in [-0.15, -0.1) is 0 Å². The van der Waals surface area contributed by atoms with Crippen LogP contribution in [0.25, 0.3) is 0 Å². The Labute approximate surface area is 66.2 Å².